The summed E-state index contributed by atoms with van der Waals surface area (Å²) < 4.78 is 6.80. The molecule has 0 aliphatic carbocycles. The van der Waals surface area contributed by atoms with E-state index in [2.05, 4.69) is 15.9 Å². The zero-order valence-corrected chi connectivity index (χ0v) is 13.6. The zero-order chi connectivity index (χ0) is 14.7. The van der Waals surface area contributed by atoms with Crippen LogP contribution in [-0.2, 0) is 6.61 Å². The molecule has 0 aliphatic heterocycles. The number of hydrogen-bond acceptors (Lipinski definition) is 2. The van der Waals surface area contributed by atoms with E-state index in [-0.39, 0.29) is 0 Å². The highest BCUT2D eigenvalue weighted by atomic mass is 79.9. The van der Waals surface area contributed by atoms with E-state index >= 15 is 0 Å². The second-order valence-corrected chi connectivity index (χ2v) is 5.95. The van der Waals surface area contributed by atoms with Gasteiger partial charge in [-0.25, -0.2) is 0 Å². The summed E-state index contributed by atoms with van der Waals surface area (Å²) in [7, 11) is 0. The molecule has 0 aliphatic rings. The highest BCUT2D eigenvalue weighted by molar-refractivity contribution is 9.10. The van der Waals surface area contributed by atoms with Crippen molar-refractivity contribution in [1.82, 2.24) is 0 Å². The van der Waals surface area contributed by atoms with Gasteiger partial charge in [-0.05, 0) is 49.2 Å². The van der Waals surface area contributed by atoms with Crippen molar-refractivity contribution in [2.75, 3.05) is 0 Å². The number of carbonyl (C=O) groups is 1. The second-order valence-electron chi connectivity index (χ2n) is 4.63. The van der Waals surface area contributed by atoms with Crippen LogP contribution in [0.4, 0.5) is 0 Å². The Bertz CT molecular complexity index is 630. The van der Waals surface area contributed by atoms with Crippen molar-refractivity contribution in [2.45, 2.75) is 20.5 Å². The van der Waals surface area contributed by atoms with Crippen LogP contribution in [0.1, 0.15) is 27.0 Å². The normalized spacial score (nSPS) is 10.4. The lowest BCUT2D eigenvalue weighted by Crippen LogP contribution is -2.00. The largest absolute Gasteiger partial charge is 0.488 e. The quantitative estimate of drug-likeness (QED) is 0.714. The molecule has 2 nitrogen and oxygen atoms in total. The minimum absolute atomic E-state index is 0.397. The number of rotatable bonds is 4. The van der Waals surface area contributed by atoms with Crippen LogP contribution in [0.25, 0.3) is 0 Å². The van der Waals surface area contributed by atoms with Gasteiger partial charge in [-0.2, -0.15) is 0 Å². The fraction of sp³-hybridized carbons (Fsp3) is 0.188. The minimum Gasteiger partial charge on any atom is -0.488 e. The summed E-state index contributed by atoms with van der Waals surface area (Å²) in [5, 5.41) is 0.666. The van der Waals surface area contributed by atoms with Gasteiger partial charge in [0.1, 0.15) is 18.6 Å². The van der Waals surface area contributed by atoms with Crippen LogP contribution in [-0.4, -0.2) is 6.29 Å². The molecule has 0 amide bonds. The molecule has 0 saturated heterocycles. The third kappa shape index (κ3) is 3.41. The number of ether oxygens (including phenoxy) is 1. The third-order valence-corrected chi connectivity index (χ3v) is 3.85. The predicted octanol–water partition coefficient (Wildman–Crippen LogP) is 5.11. The van der Waals surface area contributed by atoms with Crippen molar-refractivity contribution in [3.05, 3.63) is 62.1 Å². The highest BCUT2D eigenvalue weighted by Crippen LogP contribution is 2.27. The Morgan fingerprint density at radius 2 is 1.85 bits per heavy atom. The maximum atomic E-state index is 10.8. The summed E-state index contributed by atoms with van der Waals surface area (Å²) in [5.74, 6) is 0.801. The number of aryl methyl sites for hydroxylation is 2. The predicted molar refractivity (Wildman–Crippen MR) is 84.8 cm³/mol. The van der Waals surface area contributed by atoms with Gasteiger partial charge in [-0.3, -0.25) is 4.79 Å². The monoisotopic (exact) mass is 352 g/mol. The Hall–Kier alpha value is -1.32. The summed E-state index contributed by atoms with van der Waals surface area (Å²) >= 11 is 9.54. The molecule has 0 atom stereocenters. The number of halogens is 2. The first-order valence-corrected chi connectivity index (χ1v) is 7.31. The van der Waals surface area contributed by atoms with Crippen LogP contribution in [0, 0.1) is 13.8 Å². The summed E-state index contributed by atoms with van der Waals surface area (Å²) in [4.78, 5) is 10.8. The first-order chi connectivity index (χ1) is 9.51. The van der Waals surface area contributed by atoms with E-state index in [1.807, 2.05) is 44.2 Å². The molecule has 2 rings (SSSR count). The van der Waals surface area contributed by atoms with Gasteiger partial charge in [-0.1, -0.05) is 33.6 Å². The smallest absolute Gasteiger partial charge is 0.150 e. The highest BCUT2D eigenvalue weighted by Gasteiger charge is 2.08. The van der Waals surface area contributed by atoms with E-state index in [0.717, 1.165) is 33.2 Å². The Kier molecular flexibility index (Phi) is 4.84. The van der Waals surface area contributed by atoms with E-state index < -0.39 is 0 Å². The van der Waals surface area contributed by atoms with Gasteiger partial charge < -0.3 is 4.74 Å². The maximum Gasteiger partial charge on any atom is 0.150 e. The van der Waals surface area contributed by atoms with E-state index in [9.17, 15) is 4.79 Å². The fourth-order valence-corrected chi connectivity index (χ4v) is 2.80. The Morgan fingerprint density at radius 3 is 2.40 bits per heavy atom. The van der Waals surface area contributed by atoms with Gasteiger partial charge in [0, 0.05) is 20.6 Å². The van der Waals surface area contributed by atoms with Crippen LogP contribution < -0.4 is 4.74 Å². The SMILES string of the molecule is Cc1cc(C=O)cc(C)c1OCc1ccc(Br)cc1Cl. The van der Waals surface area contributed by atoms with Crippen molar-refractivity contribution in [1.29, 1.82) is 0 Å². The lowest BCUT2D eigenvalue weighted by molar-refractivity contribution is 0.112. The Morgan fingerprint density at radius 1 is 1.20 bits per heavy atom. The van der Waals surface area contributed by atoms with Crippen LogP contribution in [0.5, 0.6) is 5.75 Å². The number of hydrogen-bond donors (Lipinski definition) is 0. The maximum absolute atomic E-state index is 10.8. The number of benzene rings is 2. The van der Waals surface area contributed by atoms with Crippen LogP contribution in [0.15, 0.2) is 34.8 Å². The van der Waals surface area contributed by atoms with Crippen LogP contribution in [0.2, 0.25) is 5.02 Å². The molecular weight excluding hydrogens is 340 g/mol. The Labute approximate surface area is 131 Å². The van der Waals surface area contributed by atoms with Gasteiger partial charge in [0.05, 0.1) is 0 Å². The fourth-order valence-electron chi connectivity index (χ4n) is 2.07. The standard InChI is InChI=1S/C16H14BrClO2/c1-10-5-12(8-19)6-11(2)16(10)20-9-13-3-4-14(17)7-15(13)18/h3-8H,9H2,1-2H3. The molecule has 0 saturated carbocycles. The average Bonchev–Trinajstić information content (AvgIpc) is 2.39. The molecule has 20 heavy (non-hydrogen) atoms. The van der Waals surface area contributed by atoms with E-state index in [4.69, 9.17) is 16.3 Å². The molecule has 0 spiro atoms. The van der Waals surface area contributed by atoms with Crippen molar-refractivity contribution < 1.29 is 9.53 Å². The van der Waals surface area contributed by atoms with Crippen molar-refractivity contribution in [3.63, 3.8) is 0 Å². The Balaban J connectivity index is 2.21. The molecule has 0 radical (unpaired) electrons. The molecule has 0 aromatic heterocycles. The van der Waals surface area contributed by atoms with Gasteiger partial charge >= 0.3 is 0 Å². The first kappa shape index (κ1) is 15.1. The first-order valence-electron chi connectivity index (χ1n) is 6.14. The van der Waals surface area contributed by atoms with Crippen molar-refractivity contribution >= 4 is 33.8 Å². The minimum atomic E-state index is 0.397. The number of carbonyl (C=O) groups excluding carboxylic acids is 1. The third-order valence-electron chi connectivity index (χ3n) is 3.01. The topological polar surface area (TPSA) is 26.3 Å². The van der Waals surface area contributed by atoms with Gasteiger partial charge in [0.2, 0.25) is 0 Å². The molecule has 2 aromatic rings. The van der Waals surface area contributed by atoms with Gasteiger partial charge in [0.25, 0.3) is 0 Å². The molecule has 2 aromatic carbocycles. The molecule has 0 bridgehead atoms. The summed E-state index contributed by atoms with van der Waals surface area (Å²) in [6, 6.07) is 9.34. The summed E-state index contributed by atoms with van der Waals surface area (Å²) in [6.45, 7) is 4.26. The lowest BCUT2D eigenvalue weighted by Gasteiger charge is -2.13. The van der Waals surface area contributed by atoms with E-state index in [1.54, 1.807) is 0 Å². The van der Waals surface area contributed by atoms with E-state index in [0.29, 0.717) is 17.2 Å². The molecule has 4 heteroatoms. The molecule has 0 unspecified atom stereocenters. The van der Waals surface area contributed by atoms with Crippen LogP contribution in [0.3, 0.4) is 0 Å². The molecular formula is C16H14BrClO2. The molecule has 104 valence electrons. The van der Waals surface area contributed by atoms with Crippen molar-refractivity contribution in [2.24, 2.45) is 0 Å². The van der Waals surface area contributed by atoms with E-state index in [1.165, 1.54) is 0 Å². The zero-order valence-electron chi connectivity index (χ0n) is 11.2. The number of aldehydes is 1. The summed E-state index contributed by atoms with van der Waals surface area (Å²) in [6.07, 6.45) is 0.843. The molecule has 0 N–H and O–H groups in total. The van der Waals surface area contributed by atoms with Crippen LogP contribution >= 0.6 is 27.5 Å². The van der Waals surface area contributed by atoms with Gasteiger partial charge in [-0.15, -0.1) is 0 Å². The second kappa shape index (κ2) is 6.42. The molecule has 0 fully saturated rings. The van der Waals surface area contributed by atoms with Crippen molar-refractivity contribution in [3.8, 4) is 5.75 Å². The van der Waals surface area contributed by atoms with Gasteiger partial charge in [0.15, 0.2) is 0 Å². The summed E-state index contributed by atoms with van der Waals surface area (Å²) in [5.41, 5.74) is 3.47. The lowest BCUT2D eigenvalue weighted by atomic mass is 10.1. The molecule has 0 heterocycles. The average molecular weight is 354 g/mol.